The van der Waals surface area contributed by atoms with Crippen LogP contribution in [0.4, 0.5) is 14.5 Å². The molecule has 1 saturated carbocycles. The molecule has 1 aliphatic carbocycles. The van der Waals surface area contributed by atoms with E-state index in [1.165, 1.54) is 24.3 Å². The maximum Gasteiger partial charge on any atom is 0.272 e. The molecule has 3 aliphatic rings. The van der Waals surface area contributed by atoms with Crippen LogP contribution < -0.4 is 10.9 Å². The topological polar surface area (TPSA) is 90.5 Å². The maximum atomic E-state index is 14.5. The summed E-state index contributed by atoms with van der Waals surface area (Å²) in [7, 11) is 0. The van der Waals surface area contributed by atoms with Crippen molar-refractivity contribution in [3.8, 4) is 0 Å². The Morgan fingerprint density at radius 2 is 1.84 bits per heavy atom. The predicted octanol–water partition coefficient (Wildman–Crippen LogP) is 5.02. The van der Waals surface area contributed by atoms with Crippen LogP contribution in [0.15, 0.2) is 46.2 Å². The third-order valence-corrected chi connectivity index (χ3v) is 7.95. The minimum absolute atomic E-state index is 0.0290. The van der Waals surface area contributed by atoms with E-state index < -0.39 is 29.0 Å². The average molecular weight is 506 g/mol. The molecule has 6 rings (SSSR count). The summed E-state index contributed by atoms with van der Waals surface area (Å²) in [5.74, 6) is -0.153. The van der Waals surface area contributed by atoms with Crippen LogP contribution in [0.2, 0.25) is 0 Å². The number of hydrogen-bond donors (Lipinski definition) is 2. The van der Waals surface area contributed by atoms with E-state index in [0.717, 1.165) is 49.9 Å². The fraction of sp³-hybridized carbons (Fsp3) is 0.429. The van der Waals surface area contributed by atoms with Gasteiger partial charge < -0.3 is 5.32 Å². The van der Waals surface area contributed by atoms with Crippen LogP contribution in [0.3, 0.4) is 0 Å². The first-order chi connectivity index (χ1) is 17.9. The molecule has 9 heteroatoms. The number of rotatable bonds is 6. The zero-order valence-corrected chi connectivity index (χ0v) is 20.7. The summed E-state index contributed by atoms with van der Waals surface area (Å²) in [5.41, 5.74) is 0.605. The van der Waals surface area contributed by atoms with E-state index in [9.17, 15) is 18.4 Å². The zero-order chi connectivity index (χ0) is 25.7. The van der Waals surface area contributed by atoms with E-state index in [0.29, 0.717) is 29.6 Å². The number of anilines is 1. The summed E-state index contributed by atoms with van der Waals surface area (Å²) < 4.78 is 28.2. The van der Waals surface area contributed by atoms with E-state index in [1.54, 1.807) is 17.0 Å². The number of carbonyl (C=O) groups excluding carboxylic acids is 1. The summed E-state index contributed by atoms with van der Waals surface area (Å²) >= 11 is 0. The molecule has 37 heavy (non-hydrogen) atoms. The molecule has 2 atom stereocenters. The molecule has 192 valence electrons. The number of hydrogen-bond acceptors (Lipinski definition) is 5. The van der Waals surface area contributed by atoms with Crippen molar-refractivity contribution in [1.29, 1.82) is 0 Å². The van der Waals surface area contributed by atoms with Gasteiger partial charge >= 0.3 is 0 Å². The minimum Gasteiger partial charge on any atom is -0.379 e. The Bertz CT molecular complexity index is 1460. The SMILES string of the molecule is CCCCC1=NC2(CCCC2)C(=O)N1[C@@H]1c2n[nH]c(=O)c3cc(F)cc(c23)N[C@H]1Cc1ccc(F)cc1. The minimum atomic E-state index is -0.742. The van der Waals surface area contributed by atoms with Crippen LogP contribution in [-0.2, 0) is 11.2 Å². The molecule has 1 fully saturated rings. The summed E-state index contributed by atoms with van der Waals surface area (Å²) in [5, 5.41) is 11.1. The molecule has 3 aromatic rings. The second-order valence-electron chi connectivity index (χ2n) is 10.4. The number of nitrogens with one attached hydrogen (secondary N) is 2. The van der Waals surface area contributed by atoms with Crippen molar-refractivity contribution in [1.82, 2.24) is 15.1 Å². The number of aliphatic imine (C=N–C) groups is 1. The van der Waals surface area contributed by atoms with Gasteiger partial charge in [-0.25, -0.2) is 13.9 Å². The Morgan fingerprint density at radius 1 is 1.08 bits per heavy atom. The molecule has 0 radical (unpaired) electrons. The molecule has 1 amide bonds. The highest BCUT2D eigenvalue weighted by molar-refractivity contribution is 6.09. The van der Waals surface area contributed by atoms with Crippen molar-refractivity contribution in [2.75, 3.05) is 5.32 Å². The quantitative estimate of drug-likeness (QED) is 0.492. The standard InChI is InChI=1S/C28H29F2N5O2/c1-2-3-6-22-32-28(11-4-5-12-28)27(37)35(22)25-21(13-16-7-9-17(29)10-8-16)31-20-15-18(30)14-19-23(20)24(25)33-34-26(19)36/h7-10,14-15,21,25,31H,2-6,11-13H2,1H3,(H,34,36)/t21-,25-/m0/s1. The first kappa shape index (κ1) is 23.8. The Morgan fingerprint density at radius 3 is 2.57 bits per heavy atom. The van der Waals surface area contributed by atoms with Gasteiger partial charge in [-0.05, 0) is 55.5 Å². The lowest BCUT2D eigenvalue weighted by atomic mass is 9.87. The zero-order valence-electron chi connectivity index (χ0n) is 20.7. The number of H-pyrrole nitrogens is 1. The van der Waals surface area contributed by atoms with Crippen molar-refractivity contribution in [3.05, 3.63) is 69.6 Å². The Kier molecular flexibility index (Phi) is 5.81. The van der Waals surface area contributed by atoms with Gasteiger partial charge in [0, 0.05) is 17.5 Å². The molecular formula is C28H29F2N5O2. The lowest BCUT2D eigenvalue weighted by molar-refractivity contribution is -0.133. The van der Waals surface area contributed by atoms with Gasteiger partial charge in [0.05, 0.1) is 17.1 Å². The third kappa shape index (κ3) is 3.91. The van der Waals surface area contributed by atoms with Crippen molar-refractivity contribution in [2.24, 2.45) is 4.99 Å². The van der Waals surface area contributed by atoms with E-state index in [4.69, 9.17) is 4.99 Å². The lowest BCUT2D eigenvalue weighted by Crippen LogP contribution is -2.50. The van der Waals surface area contributed by atoms with Crippen LogP contribution in [0.25, 0.3) is 10.8 Å². The van der Waals surface area contributed by atoms with Crippen molar-refractivity contribution < 1.29 is 13.6 Å². The molecule has 2 aromatic carbocycles. The van der Waals surface area contributed by atoms with Crippen LogP contribution in [0.5, 0.6) is 0 Å². The van der Waals surface area contributed by atoms with Crippen LogP contribution in [0, 0.1) is 11.6 Å². The molecule has 2 aliphatic heterocycles. The molecule has 0 saturated heterocycles. The number of nitrogens with zero attached hydrogens (tertiary/aromatic N) is 3. The number of amides is 1. The van der Waals surface area contributed by atoms with E-state index in [1.807, 2.05) is 0 Å². The van der Waals surface area contributed by atoms with E-state index in [-0.39, 0.29) is 17.1 Å². The monoisotopic (exact) mass is 505 g/mol. The smallest absolute Gasteiger partial charge is 0.272 e. The van der Waals surface area contributed by atoms with Gasteiger partial charge in [-0.15, -0.1) is 0 Å². The summed E-state index contributed by atoms with van der Waals surface area (Å²) in [6, 6.07) is 7.80. The highest BCUT2D eigenvalue weighted by Gasteiger charge is 2.53. The van der Waals surface area contributed by atoms with Gasteiger partial charge in [0.1, 0.15) is 29.1 Å². The number of aromatic nitrogens is 2. The van der Waals surface area contributed by atoms with Crippen molar-refractivity contribution >= 4 is 28.2 Å². The van der Waals surface area contributed by atoms with Crippen molar-refractivity contribution in [2.45, 2.75) is 75.9 Å². The Balaban J connectivity index is 1.52. The highest BCUT2D eigenvalue weighted by atomic mass is 19.1. The van der Waals surface area contributed by atoms with E-state index >= 15 is 0 Å². The number of aromatic amines is 1. The third-order valence-electron chi connectivity index (χ3n) is 7.95. The Labute approximate surface area is 213 Å². The van der Waals surface area contributed by atoms with Crippen molar-refractivity contribution in [3.63, 3.8) is 0 Å². The van der Waals surface area contributed by atoms with Gasteiger partial charge in [0.25, 0.3) is 11.5 Å². The number of benzene rings is 2. The average Bonchev–Trinajstić information content (AvgIpc) is 3.46. The summed E-state index contributed by atoms with van der Waals surface area (Å²) in [6.07, 6.45) is 6.28. The number of halogens is 2. The number of carbonyl (C=O) groups is 1. The molecule has 3 heterocycles. The first-order valence-corrected chi connectivity index (χ1v) is 13.1. The van der Waals surface area contributed by atoms with Gasteiger partial charge in [0.15, 0.2) is 0 Å². The summed E-state index contributed by atoms with van der Waals surface area (Å²) in [4.78, 5) is 33.7. The molecule has 1 spiro atoms. The fourth-order valence-electron chi connectivity index (χ4n) is 6.20. The van der Waals surface area contributed by atoms with Crippen LogP contribution >= 0.6 is 0 Å². The van der Waals surface area contributed by atoms with Gasteiger partial charge in [-0.2, -0.15) is 5.10 Å². The van der Waals surface area contributed by atoms with Gasteiger partial charge in [-0.1, -0.05) is 38.3 Å². The van der Waals surface area contributed by atoms with E-state index in [2.05, 4.69) is 22.4 Å². The maximum absolute atomic E-state index is 14.5. The van der Waals surface area contributed by atoms with Crippen LogP contribution in [-0.4, -0.2) is 38.4 Å². The molecule has 1 aromatic heterocycles. The summed E-state index contributed by atoms with van der Waals surface area (Å²) in [6.45, 7) is 2.10. The normalized spacial score (nSPS) is 22.1. The highest BCUT2D eigenvalue weighted by Crippen LogP contribution is 2.46. The largest absolute Gasteiger partial charge is 0.379 e. The molecular weight excluding hydrogens is 476 g/mol. The molecule has 7 nitrogen and oxygen atoms in total. The van der Waals surface area contributed by atoms with Gasteiger partial charge in [-0.3, -0.25) is 19.5 Å². The molecule has 2 N–H and O–H groups in total. The fourth-order valence-corrected chi connectivity index (χ4v) is 6.20. The first-order valence-electron chi connectivity index (χ1n) is 13.1. The van der Waals surface area contributed by atoms with Crippen LogP contribution in [0.1, 0.15) is 69.2 Å². The number of unbranched alkanes of at least 4 members (excludes halogenated alkanes) is 1. The number of amidine groups is 1. The Hall–Kier alpha value is -3.62. The second kappa shape index (κ2) is 9.04. The lowest BCUT2D eigenvalue weighted by Gasteiger charge is -2.40. The molecule has 0 bridgehead atoms. The second-order valence-corrected chi connectivity index (χ2v) is 10.4. The van der Waals surface area contributed by atoms with Gasteiger partial charge in [0.2, 0.25) is 0 Å². The molecule has 0 unspecified atom stereocenters. The predicted molar refractivity (Wildman–Crippen MR) is 138 cm³/mol.